The van der Waals surface area contributed by atoms with Crippen LogP contribution in [0, 0.1) is 0 Å². The smallest absolute Gasteiger partial charge is 0.266 e. The predicted molar refractivity (Wildman–Crippen MR) is 80.1 cm³/mol. The maximum atomic E-state index is 12.5. The van der Waals surface area contributed by atoms with Crippen LogP contribution in [0.4, 0.5) is 5.69 Å². The number of amides is 3. The van der Waals surface area contributed by atoms with Crippen LogP contribution in [0.3, 0.4) is 0 Å². The van der Waals surface area contributed by atoms with Crippen molar-refractivity contribution < 1.29 is 14.4 Å². The summed E-state index contributed by atoms with van der Waals surface area (Å²) in [4.78, 5) is 38.0. The molecule has 3 amide bonds. The molecule has 2 aromatic carbocycles. The molecule has 0 spiro atoms. The Labute approximate surface area is 126 Å². The maximum absolute atomic E-state index is 12.5. The first-order chi connectivity index (χ1) is 10.7. The van der Waals surface area contributed by atoms with Gasteiger partial charge < -0.3 is 5.32 Å². The van der Waals surface area contributed by atoms with Gasteiger partial charge in [0.25, 0.3) is 17.7 Å². The van der Waals surface area contributed by atoms with E-state index in [2.05, 4.69) is 5.32 Å². The van der Waals surface area contributed by atoms with Crippen molar-refractivity contribution in [2.24, 2.45) is 0 Å². The second-order valence-electron chi connectivity index (χ2n) is 5.34. The molecule has 2 aromatic rings. The van der Waals surface area contributed by atoms with Gasteiger partial charge in [-0.05, 0) is 36.2 Å². The molecule has 2 heterocycles. The van der Waals surface area contributed by atoms with Gasteiger partial charge in [-0.25, -0.2) is 4.90 Å². The van der Waals surface area contributed by atoms with Crippen LogP contribution in [0.1, 0.15) is 36.6 Å². The topological polar surface area (TPSA) is 66.5 Å². The average Bonchev–Trinajstić information content (AvgIpc) is 2.80. The highest BCUT2D eigenvalue weighted by atomic mass is 16.2. The lowest BCUT2D eigenvalue weighted by Crippen LogP contribution is -2.33. The molecule has 0 radical (unpaired) electrons. The largest absolute Gasteiger partial charge is 0.352 e. The van der Waals surface area contributed by atoms with Crippen LogP contribution in [-0.4, -0.2) is 24.3 Å². The fourth-order valence-electron chi connectivity index (χ4n) is 2.96. The van der Waals surface area contributed by atoms with Crippen LogP contribution in [0.15, 0.2) is 42.5 Å². The molecule has 5 nitrogen and oxygen atoms in total. The number of hydrogen-bond acceptors (Lipinski definition) is 3. The summed E-state index contributed by atoms with van der Waals surface area (Å²) >= 11 is 0. The normalized spacial score (nSPS) is 16.4. The van der Waals surface area contributed by atoms with Crippen molar-refractivity contribution in [3.63, 3.8) is 0 Å². The second-order valence-corrected chi connectivity index (χ2v) is 5.34. The molecule has 0 saturated heterocycles. The van der Waals surface area contributed by atoms with Crippen molar-refractivity contribution >= 4 is 23.4 Å². The van der Waals surface area contributed by atoms with Gasteiger partial charge in [-0.1, -0.05) is 18.2 Å². The first-order valence-electron chi connectivity index (χ1n) is 7.06. The van der Waals surface area contributed by atoms with E-state index in [1.165, 1.54) is 0 Å². The molecule has 5 heteroatoms. The summed E-state index contributed by atoms with van der Waals surface area (Å²) in [5, 5.41) is 2.77. The zero-order valence-electron chi connectivity index (χ0n) is 11.6. The number of anilines is 1. The Morgan fingerprint density at radius 1 is 0.864 bits per heavy atom. The van der Waals surface area contributed by atoms with E-state index in [0.29, 0.717) is 28.9 Å². The molecule has 0 unspecified atom stereocenters. The molecule has 0 aromatic heterocycles. The first-order valence-corrected chi connectivity index (χ1v) is 7.06. The number of carbonyl (C=O) groups excluding carboxylic acids is 3. The van der Waals surface area contributed by atoms with Crippen molar-refractivity contribution in [2.45, 2.75) is 6.42 Å². The summed E-state index contributed by atoms with van der Waals surface area (Å²) in [6.45, 7) is 0.609. The van der Waals surface area contributed by atoms with Gasteiger partial charge >= 0.3 is 0 Å². The lowest BCUT2D eigenvalue weighted by atomic mass is 9.99. The number of hydrogen-bond donors (Lipinski definition) is 1. The number of nitrogens with one attached hydrogen (secondary N) is 1. The molecule has 2 aliphatic rings. The van der Waals surface area contributed by atoms with Gasteiger partial charge in [0.1, 0.15) is 0 Å². The van der Waals surface area contributed by atoms with Crippen molar-refractivity contribution in [3.05, 3.63) is 64.7 Å². The number of nitrogens with zero attached hydrogens (tertiary/aromatic N) is 1. The molecule has 0 fully saturated rings. The van der Waals surface area contributed by atoms with Gasteiger partial charge in [0.2, 0.25) is 0 Å². The number of imide groups is 1. The highest BCUT2D eigenvalue weighted by molar-refractivity contribution is 6.34. The summed E-state index contributed by atoms with van der Waals surface area (Å²) in [5.74, 6) is -0.867. The van der Waals surface area contributed by atoms with Gasteiger partial charge in [-0.2, -0.15) is 0 Å². The van der Waals surface area contributed by atoms with Crippen LogP contribution < -0.4 is 10.2 Å². The van der Waals surface area contributed by atoms with Gasteiger partial charge in [-0.3, -0.25) is 14.4 Å². The molecule has 0 atom stereocenters. The van der Waals surface area contributed by atoms with Crippen molar-refractivity contribution in [1.82, 2.24) is 5.32 Å². The van der Waals surface area contributed by atoms with E-state index < -0.39 is 0 Å². The fourth-order valence-corrected chi connectivity index (χ4v) is 2.96. The first kappa shape index (κ1) is 12.8. The molecule has 0 bridgehead atoms. The zero-order valence-corrected chi connectivity index (χ0v) is 11.6. The summed E-state index contributed by atoms with van der Waals surface area (Å²) in [6.07, 6.45) is 0.753. The van der Waals surface area contributed by atoms with Gasteiger partial charge in [0.05, 0.1) is 16.8 Å². The SMILES string of the molecule is O=C1NCCc2ccc(N3C(=O)c4ccccc4C3=O)cc21. The molecule has 108 valence electrons. The fraction of sp³-hybridized carbons (Fsp3) is 0.118. The molecular weight excluding hydrogens is 280 g/mol. The van der Waals surface area contributed by atoms with E-state index in [1.807, 2.05) is 6.07 Å². The minimum Gasteiger partial charge on any atom is -0.352 e. The van der Waals surface area contributed by atoms with E-state index in [4.69, 9.17) is 0 Å². The van der Waals surface area contributed by atoms with Crippen LogP contribution in [-0.2, 0) is 6.42 Å². The van der Waals surface area contributed by atoms with Gasteiger partial charge in [-0.15, -0.1) is 0 Å². The monoisotopic (exact) mass is 292 g/mol. The van der Waals surface area contributed by atoms with Crippen LogP contribution >= 0.6 is 0 Å². The van der Waals surface area contributed by atoms with E-state index in [0.717, 1.165) is 16.9 Å². The second kappa shape index (κ2) is 4.53. The third kappa shape index (κ3) is 1.69. The van der Waals surface area contributed by atoms with Crippen molar-refractivity contribution in [3.8, 4) is 0 Å². The third-order valence-corrected chi connectivity index (χ3v) is 4.07. The number of benzene rings is 2. The molecule has 2 aliphatic heterocycles. The van der Waals surface area contributed by atoms with Gasteiger partial charge in [0, 0.05) is 12.1 Å². The summed E-state index contributed by atoms with van der Waals surface area (Å²) < 4.78 is 0. The van der Waals surface area contributed by atoms with Gasteiger partial charge in [0.15, 0.2) is 0 Å². The highest BCUT2D eigenvalue weighted by Crippen LogP contribution is 2.30. The Balaban J connectivity index is 1.81. The summed E-state index contributed by atoms with van der Waals surface area (Å²) in [7, 11) is 0. The Bertz CT molecular complexity index is 807. The Morgan fingerprint density at radius 3 is 2.23 bits per heavy atom. The summed E-state index contributed by atoms with van der Waals surface area (Å²) in [6, 6.07) is 11.9. The lowest BCUT2D eigenvalue weighted by molar-refractivity contribution is 0.0917. The van der Waals surface area contributed by atoms with E-state index in [-0.39, 0.29) is 17.7 Å². The minimum atomic E-state index is -0.350. The maximum Gasteiger partial charge on any atom is 0.266 e. The molecule has 4 rings (SSSR count). The Hall–Kier alpha value is -2.95. The third-order valence-electron chi connectivity index (χ3n) is 4.07. The van der Waals surface area contributed by atoms with Crippen molar-refractivity contribution in [2.75, 3.05) is 11.4 Å². The molecule has 22 heavy (non-hydrogen) atoms. The number of fused-ring (bicyclic) bond motifs is 2. The van der Waals surface area contributed by atoms with Crippen LogP contribution in [0.2, 0.25) is 0 Å². The minimum absolute atomic E-state index is 0.167. The van der Waals surface area contributed by atoms with E-state index >= 15 is 0 Å². The molecule has 0 aliphatic carbocycles. The average molecular weight is 292 g/mol. The van der Waals surface area contributed by atoms with Crippen LogP contribution in [0.25, 0.3) is 0 Å². The molecule has 0 saturated carbocycles. The van der Waals surface area contributed by atoms with E-state index in [1.54, 1.807) is 36.4 Å². The standard InChI is InChI=1S/C17H12N2O3/c20-15-14-9-11(6-5-10(14)7-8-18-15)19-16(21)12-3-1-2-4-13(12)17(19)22/h1-6,9H,7-8H2,(H,18,20). The highest BCUT2D eigenvalue weighted by Gasteiger charge is 2.36. The molecular formula is C17H12N2O3. The number of rotatable bonds is 1. The zero-order chi connectivity index (χ0) is 15.3. The van der Waals surface area contributed by atoms with Crippen LogP contribution in [0.5, 0.6) is 0 Å². The quantitative estimate of drug-likeness (QED) is 0.815. The van der Waals surface area contributed by atoms with E-state index in [9.17, 15) is 14.4 Å². The van der Waals surface area contributed by atoms with Crippen molar-refractivity contribution in [1.29, 1.82) is 0 Å². The Morgan fingerprint density at radius 2 is 1.55 bits per heavy atom. The Kier molecular flexibility index (Phi) is 2.63. The number of carbonyl (C=O) groups is 3. The molecule has 1 N–H and O–H groups in total. The lowest BCUT2D eigenvalue weighted by Gasteiger charge is -2.20. The predicted octanol–water partition coefficient (Wildman–Crippen LogP) is 1.77. The summed E-state index contributed by atoms with van der Waals surface area (Å²) in [5.41, 5.74) is 2.69.